The summed E-state index contributed by atoms with van der Waals surface area (Å²) in [6.07, 6.45) is 1.88. The standard InChI is InChI=1S/C32H33N7O2/c1-37(2)32(41)29(18-22-7-9-24(10-8-22)25-6-4-5-23(17-25)20-33)36-31(40)26-11-12-27-28(19-26)34-21-35-30(27)39-15-13-38(3)14-16-39/h4-12,17,19,21,29H,13-16,18H2,1-3H3,(H,36,40)/t29-/m0/s1. The number of nitrogens with one attached hydrogen (secondary N) is 1. The summed E-state index contributed by atoms with van der Waals surface area (Å²) in [6.45, 7) is 3.69. The summed E-state index contributed by atoms with van der Waals surface area (Å²) in [7, 11) is 5.47. The van der Waals surface area contributed by atoms with Crippen LogP contribution in [0.15, 0.2) is 73.1 Å². The Hall–Kier alpha value is -4.81. The number of rotatable bonds is 7. The Morgan fingerprint density at radius 1 is 0.976 bits per heavy atom. The number of fused-ring (bicyclic) bond motifs is 1. The van der Waals surface area contributed by atoms with Gasteiger partial charge in [0.25, 0.3) is 5.91 Å². The van der Waals surface area contributed by atoms with Gasteiger partial charge in [0.1, 0.15) is 18.2 Å². The molecule has 41 heavy (non-hydrogen) atoms. The highest BCUT2D eigenvalue weighted by Gasteiger charge is 2.24. The Morgan fingerprint density at radius 2 is 1.73 bits per heavy atom. The Kier molecular flexibility index (Phi) is 8.22. The van der Waals surface area contributed by atoms with Crippen molar-refractivity contribution in [3.8, 4) is 17.2 Å². The van der Waals surface area contributed by atoms with Gasteiger partial charge in [0, 0.05) is 57.6 Å². The predicted molar refractivity (Wildman–Crippen MR) is 159 cm³/mol. The van der Waals surface area contributed by atoms with Crippen LogP contribution in [0.5, 0.6) is 0 Å². The van der Waals surface area contributed by atoms with Gasteiger partial charge in [-0.25, -0.2) is 9.97 Å². The first-order valence-corrected chi connectivity index (χ1v) is 13.6. The molecule has 0 unspecified atom stereocenters. The molecule has 4 aromatic rings. The SMILES string of the molecule is CN1CCN(c2ncnc3cc(C(=O)N[C@@H](Cc4ccc(-c5cccc(C#N)c5)cc4)C(=O)N(C)C)ccc23)CC1. The third-order valence-electron chi connectivity index (χ3n) is 7.44. The van der Waals surface area contributed by atoms with Crippen molar-refractivity contribution in [2.24, 2.45) is 0 Å². The van der Waals surface area contributed by atoms with E-state index in [1.807, 2.05) is 48.5 Å². The number of nitriles is 1. The molecule has 1 aliphatic rings. The Balaban J connectivity index is 1.33. The molecule has 0 radical (unpaired) electrons. The molecular weight excluding hydrogens is 514 g/mol. The first-order chi connectivity index (χ1) is 19.8. The first kappa shape index (κ1) is 27.7. The minimum Gasteiger partial charge on any atom is -0.353 e. The van der Waals surface area contributed by atoms with Crippen LogP contribution in [0.2, 0.25) is 0 Å². The van der Waals surface area contributed by atoms with E-state index < -0.39 is 6.04 Å². The molecule has 9 nitrogen and oxygen atoms in total. The van der Waals surface area contributed by atoms with E-state index in [2.05, 4.69) is 38.2 Å². The van der Waals surface area contributed by atoms with Crippen molar-refractivity contribution in [3.63, 3.8) is 0 Å². The highest BCUT2D eigenvalue weighted by molar-refractivity contribution is 6.01. The molecule has 9 heteroatoms. The fraction of sp³-hybridized carbons (Fsp3) is 0.281. The highest BCUT2D eigenvalue weighted by atomic mass is 16.2. The van der Waals surface area contributed by atoms with Crippen LogP contribution in [0.25, 0.3) is 22.0 Å². The Labute approximate surface area is 240 Å². The zero-order valence-electron chi connectivity index (χ0n) is 23.5. The number of piperazine rings is 1. The van der Waals surface area contributed by atoms with Crippen LogP contribution < -0.4 is 10.2 Å². The molecule has 1 aromatic heterocycles. The number of likely N-dealkylation sites (N-methyl/N-ethyl adjacent to an activating group) is 2. The van der Waals surface area contributed by atoms with Crippen LogP contribution in [0.3, 0.4) is 0 Å². The molecule has 0 spiro atoms. The molecule has 5 rings (SSSR count). The smallest absolute Gasteiger partial charge is 0.252 e. The van der Waals surface area contributed by atoms with E-state index in [4.69, 9.17) is 0 Å². The summed E-state index contributed by atoms with van der Waals surface area (Å²) >= 11 is 0. The summed E-state index contributed by atoms with van der Waals surface area (Å²) < 4.78 is 0. The number of amides is 2. The van der Waals surface area contributed by atoms with Crippen LogP contribution in [-0.2, 0) is 11.2 Å². The van der Waals surface area contributed by atoms with E-state index in [9.17, 15) is 14.9 Å². The second-order valence-electron chi connectivity index (χ2n) is 10.6. The van der Waals surface area contributed by atoms with Gasteiger partial charge < -0.3 is 20.0 Å². The minimum absolute atomic E-state index is 0.190. The summed E-state index contributed by atoms with van der Waals surface area (Å²) in [5.41, 5.74) is 4.55. The van der Waals surface area contributed by atoms with Crippen LogP contribution >= 0.6 is 0 Å². The largest absolute Gasteiger partial charge is 0.353 e. The lowest BCUT2D eigenvalue weighted by molar-refractivity contribution is -0.130. The zero-order valence-corrected chi connectivity index (χ0v) is 23.5. The van der Waals surface area contributed by atoms with Gasteiger partial charge in [0.15, 0.2) is 0 Å². The van der Waals surface area contributed by atoms with Crippen molar-refractivity contribution in [3.05, 3.63) is 89.7 Å². The van der Waals surface area contributed by atoms with Crippen molar-refractivity contribution in [1.82, 2.24) is 25.1 Å². The zero-order chi connectivity index (χ0) is 28.9. The Morgan fingerprint density at radius 3 is 2.44 bits per heavy atom. The molecule has 1 fully saturated rings. The van der Waals surface area contributed by atoms with Gasteiger partial charge in [-0.05, 0) is 54.1 Å². The lowest BCUT2D eigenvalue weighted by Gasteiger charge is -2.33. The number of benzene rings is 3. The van der Waals surface area contributed by atoms with E-state index in [0.717, 1.165) is 54.1 Å². The van der Waals surface area contributed by atoms with Gasteiger partial charge in [-0.2, -0.15) is 5.26 Å². The Bertz CT molecular complexity index is 1600. The number of anilines is 1. The minimum atomic E-state index is -0.743. The van der Waals surface area contributed by atoms with Crippen molar-refractivity contribution >= 4 is 28.5 Å². The lowest BCUT2D eigenvalue weighted by Crippen LogP contribution is -2.47. The number of carbonyl (C=O) groups excluding carboxylic acids is 2. The summed E-state index contributed by atoms with van der Waals surface area (Å²) in [4.78, 5) is 41.4. The normalized spacial score (nSPS) is 14.3. The second kappa shape index (κ2) is 12.1. The van der Waals surface area contributed by atoms with Crippen molar-refractivity contribution in [2.45, 2.75) is 12.5 Å². The van der Waals surface area contributed by atoms with Crippen LogP contribution in [0.1, 0.15) is 21.5 Å². The molecule has 1 saturated heterocycles. The monoisotopic (exact) mass is 547 g/mol. The molecule has 0 bridgehead atoms. The van der Waals surface area contributed by atoms with E-state index in [0.29, 0.717) is 23.1 Å². The van der Waals surface area contributed by atoms with E-state index in [-0.39, 0.29) is 11.8 Å². The number of hydrogen-bond acceptors (Lipinski definition) is 7. The van der Waals surface area contributed by atoms with Gasteiger partial charge in [0.05, 0.1) is 17.1 Å². The second-order valence-corrected chi connectivity index (χ2v) is 10.6. The first-order valence-electron chi connectivity index (χ1n) is 13.6. The van der Waals surface area contributed by atoms with Crippen molar-refractivity contribution in [1.29, 1.82) is 5.26 Å². The quantitative estimate of drug-likeness (QED) is 0.378. The molecule has 0 aliphatic carbocycles. The van der Waals surface area contributed by atoms with Crippen molar-refractivity contribution < 1.29 is 9.59 Å². The average Bonchev–Trinajstić information content (AvgIpc) is 3.00. The van der Waals surface area contributed by atoms with Gasteiger partial charge >= 0.3 is 0 Å². The number of aromatic nitrogens is 2. The maximum absolute atomic E-state index is 13.4. The van der Waals surface area contributed by atoms with E-state index in [1.54, 1.807) is 32.3 Å². The third-order valence-corrected chi connectivity index (χ3v) is 7.44. The van der Waals surface area contributed by atoms with Gasteiger partial charge in [-0.15, -0.1) is 0 Å². The topological polar surface area (TPSA) is 105 Å². The molecule has 1 atom stereocenters. The third kappa shape index (κ3) is 6.34. The van der Waals surface area contributed by atoms with Crippen molar-refractivity contribution in [2.75, 3.05) is 52.2 Å². The molecule has 1 N–H and O–H groups in total. The van der Waals surface area contributed by atoms with E-state index in [1.165, 1.54) is 11.2 Å². The molecule has 1 aliphatic heterocycles. The van der Waals surface area contributed by atoms with Crippen LogP contribution in [0.4, 0.5) is 5.82 Å². The fourth-order valence-electron chi connectivity index (χ4n) is 5.04. The van der Waals surface area contributed by atoms with E-state index >= 15 is 0 Å². The predicted octanol–water partition coefficient (Wildman–Crippen LogP) is 3.35. The molecule has 0 saturated carbocycles. The summed E-state index contributed by atoms with van der Waals surface area (Å²) in [5.74, 6) is 0.347. The highest BCUT2D eigenvalue weighted by Crippen LogP contribution is 2.25. The fourth-order valence-corrected chi connectivity index (χ4v) is 5.04. The molecular formula is C32H33N7O2. The maximum atomic E-state index is 13.4. The molecule has 208 valence electrons. The number of hydrogen-bond donors (Lipinski definition) is 1. The lowest BCUT2D eigenvalue weighted by atomic mass is 9.99. The number of nitrogens with zero attached hydrogens (tertiary/aromatic N) is 6. The van der Waals surface area contributed by atoms with Crippen LogP contribution in [-0.4, -0.2) is 84.9 Å². The van der Waals surface area contributed by atoms with Gasteiger partial charge in [-0.3, -0.25) is 9.59 Å². The van der Waals surface area contributed by atoms with Gasteiger partial charge in [-0.1, -0.05) is 36.4 Å². The number of carbonyl (C=O) groups is 2. The average molecular weight is 548 g/mol. The molecule has 2 heterocycles. The van der Waals surface area contributed by atoms with Gasteiger partial charge in [0.2, 0.25) is 5.91 Å². The summed E-state index contributed by atoms with van der Waals surface area (Å²) in [6, 6.07) is 22.1. The van der Waals surface area contributed by atoms with Crippen LogP contribution in [0, 0.1) is 11.3 Å². The molecule has 3 aromatic carbocycles. The maximum Gasteiger partial charge on any atom is 0.252 e. The molecule has 2 amide bonds. The summed E-state index contributed by atoms with van der Waals surface area (Å²) in [5, 5.41) is 13.0.